The van der Waals surface area contributed by atoms with E-state index in [2.05, 4.69) is 10.6 Å². The van der Waals surface area contributed by atoms with Gasteiger partial charge in [-0.1, -0.05) is 48.5 Å². The van der Waals surface area contributed by atoms with Crippen LogP contribution in [0.3, 0.4) is 0 Å². The van der Waals surface area contributed by atoms with Crippen molar-refractivity contribution in [1.82, 2.24) is 15.6 Å². The van der Waals surface area contributed by atoms with E-state index in [-0.39, 0.29) is 41.7 Å². The molecule has 0 aliphatic carbocycles. The van der Waals surface area contributed by atoms with Gasteiger partial charge in [-0.25, -0.2) is 18.2 Å². The van der Waals surface area contributed by atoms with Gasteiger partial charge in [0.15, 0.2) is 10.3 Å². The Morgan fingerprint density at radius 3 is 2.27 bits per heavy atom. The van der Waals surface area contributed by atoms with Crippen LogP contribution in [0.1, 0.15) is 22.9 Å². The van der Waals surface area contributed by atoms with Crippen LogP contribution in [0.25, 0.3) is 9.88 Å². The van der Waals surface area contributed by atoms with Gasteiger partial charge in [0.05, 0.1) is 23.7 Å². The number of thiophene rings is 1. The number of amides is 2. The predicted molar refractivity (Wildman–Crippen MR) is 149 cm³/mol. The molecule has 40 heavy (non-hydrogen) atoms. The third-order valence-electron chi connectivity index (χ3n) is 5.64. The van der Waals surface area contributed by atoms with E-state index >= 15 is 0 Å². The molecule has 0 radical (unpaired) electrons. The molecule has 4 rings (SSSR count). The molecule has 204 valence electrons. The van der Waals surface area contributed by atoms with E-state index in [0.29, 0.717) is 12.1 Å². The number of aromatic nitrogens is 1. The molecule has 0 bridgehead atoms. The number of rotatable bonds is 11. The molecule has 2 aromatic heterocycles. The largest absolute Gasteiger partial charge is 1.00 e. The fourth-order valence-electron chi connectivity index (χ4n) is 3.81. The van der Waals surface area contributed by atoms with Gasteiger partial charge in [-0.2, -0.15) is 0 Å². The first-order valence-electron chi connectivity index (χ1n) is 11.7. The van der Waals surface area contributed by atoms with Gasteiger partial charge in [-0.15, -0.1) is 22.7 Å². The molecule has 14 heteroatoms. The third kappa shape index (κ3) is 9.41. The molecule has 2 amide bonds. The number of methoxy groups -OCH3 is 1. The van der Waals surface area contributed by atoms with E-state index in [1.165, 1.54) is 30.6 Å². The van der Waals surface area contributed by atoms with Gasteiger partial charge < -0.3 is 19.9 Å². The Hall–Kier alpha value is -2.78. The molecule has 3 N–H and O–H groups in total. The van der Waals surface area contributed by atoms with Gasteiger partial charge in [0.1, 0.15) is 11.0 Å². The Morgan fingerprint density at radius 1 is 0.950 bits per heavy atom. The maximum Gasteiger partial charge on any atom is 1.00 e. The zero-order valence-corrected chi connectivity index (χ0v) is 26.1. The van der Waals surface area contributed by atoms with E-state index in [1.54, 1.807) is 23.5 Å². The summed E-state index contributed by atoms with van der Waals surface area (Å²) in [6, 6.07) is 18.0. The Bertz CT molecular complexity index is 1500. The number of thiazole rings is 1. The van der Waals surface area contributed by atoms with Crippen molar-refractivity contribution in [3.8, 4) is 9.88 Å². The number of alkyl carbamates (subject to hydrolysis) is 1. The smallest absolute Gasteiger partial charge is 0.731 e. The SMILES string of the molecule is COC(=O)N[C@H](Cc1ccccc1)C(=O)N[C@H](Cc1ccc(NS(=O)(=O)[O-])cc1)c1csc(-c2cccs2)n1.[Na+]. The maximum absolute atomic E-state index is 13.5. The summed E-state index contributed by atoms with van der Waals surface area (Å²) >= 11 is 3.01. The fourth-order valence-corrected chi connectivity index (χ4v) is 5.92. The molecule has 10 nitrogen and oxygen atoms in total. The van der Waals surface area contributed by atoms with Crippen molar-refractivity contribution in [3.63, 3.8) is 0 Å². The van der Waals surface area contributed by atoms with E-state index in [1.807, 2.05) is 57.9 Å². The van der Waals surface area contributed by atoms with Crippen molar-refractivity contribution >= 4 is 50.7 Å². The minimum Gasteiger partial charge on any atom is -0.731 e. The molecule has 0 spiro atoms. The number of nitrogens with one attached hydrogen (secondary N) is 3. The average molecular weight is 609 g/mol. The fraction of sp³-hybridized carbons (Fsp3) is 0.192. The van der Waals surface area contributed by atoms with Crippen molar-refractivity contribution in [2.45, 2.75) is 24.9 Å². The average Bonchev–Trinajstić information content (AvgIpc) is 3.61. The summed E-state index contributed by atoms with van der Waals surface area (Å²) in [5.41, 5.74) is 2.39. The van der Waals surface area contributed by atoms with E-state index in [4.69, 9.17) is 9.72 Å². The van der Waals surface area contributed by atoms with Crippen LogP contribution >= 0.6 is 22.7 Å². The topological polar surface area (TPSA) is 150 Å². The Kier molecular flexibility index (Phi) is 11.7. The van der Waals surface area contributed by atoms with Gasteiger partial charge in [0, 0.05) is 17.5 Å². The molecule has 0 saturated heterocycles. The monoisotopic (exact) mass is 608 g/mol. The molecule has 2 heterocycles. The number of hydrogen-bond donors (Lipinski definition) is 3. The second kappa shape index (κ2) is 14.7. The molecule has 0 aliphatic heterocycles. The first kappa shape index (κ1) is 31.7. The molecule has 4 aromatic rings. The van der Waals surface area contributed by atoms with Crippen LogP contribution in [0.4, 0.5) is 10.5 Å². The molecule has 0 fully saturated rings. The van der Waals surface area contributed by atoms with E-state index in [9.17, 15) is 22.6 Å². The second-order valence-electron chi connectivity index (χ2n) is 8.45. The van der Waals surface area contributed by atoms with Crippen molar-refractivity contribution < 1.29 is 56.9 Å². The predicted octanol–water partition coefficient (Wildman–Crippen LogP) is 1.12. The summed E-state index contributed by atoms with van der Waals surface area (Å²) < 4.78 is 39.6. The van der Waals surface area contributed by atoms with Gasteiger partial charge in [0.2, 0.25) is 5.91 Å². The van der Waals surface area contributed by atoms with Crippen LogP contribution < -0.4 is 44.9 Å². The van der Waals surface area contributed by atoms with Crippen molar-refractivity contribution in [2.24, 2.45) is 0 Å². The molecule has 2 atom stereocenters. The summed E-state index contributed by atoms with van der Waals surface area (Å²) in [4.78, 5) is 31.3. The van der Waals surface area contributed by atoms with E-state index < -0.39 is 34.4 Å². The van der Waals surface area contributed by atoms with Gasteiger partial charge >= 0.3 is 35.7 Å². The standard InChI is InChI=1S/C26H26N4O6S3.Na/c1-36-26(32)29-21(15-17-6-3-2-4-7-17)24(31)27-20(22-16-38-25(28-22)23-8-5-13-37-23)14-18-9-11-19(12-10-18)30-39(33,34)35;/h2-13,16,20-21,30H,14-15H2,1H3,(H,27,31)(H,29,32)(H,33,34,35);/q;+1/p-1/t20-,21-;/m1./s1. The summed E-state index contributed by atoms with van der Waals surface area (Å²) in [6.45, 7) is 0. The zero-order valence-electron chi connectivity index (χ0n) is 21.7. The van der Waals surface area contributed by atoms with Crippen LogP contribution in [0.15, 0.2) is 77.5 Å². The first-order chi connectivity index (χ1) is 18.7. The van der Waals surface area contributed by atoms with Gasteiger partial charge in [0.25, 0.3) is 0 Å². The van der Waals surface area contributed by atoms with Crippen LogP contribution in [0.2, 0.25) is 0 Å². The number of nitrogens with zero attached hydrogens (tertiary/aromatic N) is 1. The van der Waals surface area contributed by atoms with Crippen molar-refractivity contribution in [2.75, 3.05) is 11.8 Å². The van der Waals surface area contributed by atoms with Gasteiger partial charge in [-0.05, 0) is 41.1 Å². The Balaban J connectivity index is 0.00000441. The van der Waals surface area contributed by atoms with Crippen LogP contribution in [-0.2, 0) is 32.7 Å². The maximum atomic E-state index is 13.5. The third-order valence-corrected chi connectivity index (χ3v) is 8.03. The van der Waals surface area contributed by atoms with Crippen molar-refractivity contribution in [1.29, 1.82) is 0 Å². The second-order valence-corrected chi connectivity index (χ2v) is 11.4. The zero-order chi connectivity index (χ0) is 27.8. The first-order valence-corrected chi connectivity index (χ1v) is 14.9. The molecule has 0 aliphatic rings. The quantitative estimate of drug-likeness (QED) is 0.171. The summed E-state index contributed by atoms with van der Waals surface area (Å²) in [6.07, 6.45) is -0.163. The van der Waals surface area contributed by atoms with E-state index in [0.717, 1.165) is 21.0 Å². The van der Waals surface area contributed by atoms with Crippen LogP contribution in [-0.4, -0.2) is 43.1 Å². The number of carbonyl (C=O) groups is 2. The molecule has 2 aromatic carbocycles. The minimum atomic E-state index is -4.65. The summed E-state index contributed by atoms with van der Waals surface area (Å²) in [5.74, 6) is -0.421. The Labute approximate surface area is 262 Å². The number of benzene rings is 2. The number of carbonyl (C=O) groups excluding carboxylic acids is 2. The van der Waals surface area contributed by atoms with Gasteiger partial charge in [-0.3, -0.25) is 9.52 Å². The molecular formula is C26H25N4NaO6S3. The normalized spacial score (nSPS) is 12.4. The molecule has 0 unspecified atom stereocenters. The summed E-state index contributed by atoms with van der Waals surface area (Å²) in [5, 5.41) is 10.3. The summed E-state index contributed by atoms with van der Waals surface area (Å²) in [7, 11) is -3.42. The Morgan fingerprint density at radius 2 is 1.65 bits per heavy atom. The molecular weight excluding hydrogens is 583 g/mol. The van der Waals surface area contributed by atoms with Crippen molar-refractivity contribution in [3.05, 3.63) is 94.3 Å². The number of anilines is 1. The van der Waals surface area contributed by atoms with Crippen LogP contribution in [0.5, 0.6) is 0 Å². The van der Waals surface area contributed by atoms with Crippen LogP contribution in [0, 0.1) is 0 Å². The minimum absolute atomic E-state index is 0. The molecule has 0 saturated carbocycles. The number of hydrogen-bond acceptors (Lipinski definition) is 9. The number of ether oxygens (including phenoxy) is 1.